The molecule has 5 heteroatoms. The molecule has 0 aromatic rings. The second-order valence-electron chi connectivity index (χ2n) is 10.2. The molecule has 1 atom stereocenters. The normalized spacial score (nSPS) is 20.4. The van der Waals surface area contributed by atoms with Gasteiger partial charge >= 0.3 is 11.9 Å². The Kier molecular flexibility index (Phi) is 7.95. The number of carboxylic acid groups (broad SMARTS) is 1. The second-order valence-corrected chi connectivity index (χ2v) is 10.2. The van der Waals surface area contributed by atoms with Crippen LogP contribution in [0.5, 0.6) is 0 Å². The van der Waals surface area contributed by atoms with Crippen molar-refractivity contribution in [3.63, 3.8) is 0 Å². The summed E-state index contributed by atoms with van der Waals surface area (Å²) in [7, 11) is 0. The third-order valence-electron chi connectivity index (χ3n) is 6.38. The van der Waals surface area contributed by atoms with Crippen molar-refractivity contribution in [3.8, 4) is 0 Å². The smallest absolute Gasteiger partial charge is 0.312 e. The van der Waals surface area contributed by atoms with Crippen LogP contribution in [0.1, 0.15) is 111 Å². The summed E-state index contributed by atoms with van der Waals surface area (Å²) in [6, 6.07) is 0. The summed E-state index contributed by atoms with van der Waals surface area (Å²) in [5.41, 5.74) is -1.04. The number of hydrogen-bond donors (Lipinski definition) is 2. The first-order chi connectivity index (χ1) is 13.1. The zero-order valence-electron chi connectivity index (χ0n) is 18.1. The van der Waals surface area contributed by atoms with Crippen LogP contribution in [0.15, 0.2) is 0 Å². The summed E-state index contributed by atoms with van der Waals surface area (Å²) >= 11 is 0. The van der Waals surface area contributed by atoms with E-state index in [9.17, 15) is 14.7 Å². The number of aliphatic hydroxyl groups is 1. The molecule has 0 aromatic carbocycles. The average molecular weight is 397 g/mol. The van der Waals surface area contributed by atoms with E-state index in [1.165, 1.54) is 0 Å². The van der Waals surface area contributed by atoms with Crippen LogP contribution in [0.25, 0.3) is 0 Å². The van der Waals surface area contributed by atoms with Gasteiger partial charge in [-0.25, -0.2) is 0 Å². The van der Waals surface area contributed by atoms with E-state index in [0.717, 1.165) is 89.9 Å². The zero-order chi connectivity index (χ0) is 20.8. The number of carbonyl (C=O) groups is 2. The van der Waals surface area contributed by atoms with Gasteiger partial charge in [-0.3, -0.25) is 9.59 Å². The minimum atomic E-state index is -0.632. The fourth-order valence-electron chi connectivity index (χ4n) is 4.00. The Morgan fingerprint density at radius 1 is 0.857 bits per heavy atom. The first-order valence-corrected chi connectivity index (χ1v) is 11.2. The number of hydrogen-bond acceptors (Lipinski definition) is 4. The maximum Gasteiger partial charge on any atom is 0.312 e. The molecule has 0 radical (unpaired) electrons. The van der Waals surface area contributed by atoms with Crippen molar-refractivity contribution in [2.45, 2.75) is 122 Å². The van der Waals surface area contributed by atoms with Crippen molar-refractivity contribution in [2.24, 2.45) is 10.8 Å². The van der Waals surface area contributed by atoms with E-state index < -0.39 is 17.0 Å². The summed E-state index contributed by atoms with van der Waals surface area (Å²) in [4.78, 5) is 23.4. The van der Waals surface area contributed by atoms with E-state index >= 15 is 0 Å². The van der Waals surface area contributed by atoms with Gasteiger partial charge in [0.2, 0.25) is 0 Å². The van der Waals surface area contributed by atoms with E-state index in [1.807, 2.05) is 20.8 Å². The molecule has 162 valence electrons. The average Bonchev–Trinajstić information content (AvgIpc) is 3.48. The molecule has 2 rings (SSSR count). The highest BCUT2D eigenvalue weighted by molar-refractivity contribution is 5.80. The van der Waals surface area contributed by atoms with Crippen molar-refractivity contribution in [1.82, 2.24) is 0 Å². The highest BCUT2D eigenvalue weighted by atomic mass is 16.6. The number of ether oxygens (including phenoxy) is 1. The molecule has 0 amide bonds. The third-order valence-corrected chi connectivity index (χ3v) is 6.38. The molecule has 2 aliphatic rings. The molecule has 2 aliphatic carbocycles. The minimum absolute atomic E-state index is 0.0316. The molecule has 0 aliphatic heterocycles. The molecule has 0 aromatic heterocycles. The highest BCUT2D eigenvalue weighted by Gasteiger charge is 2.51. The van der Waals surface area contributed by atoms with Crippen LogP contribution in [-0.4, -0.2) is 33.9 Å². The summed E-state index contributed by atoms with van der Waals surface area (Å²) in [6.45, 7) is 5.75. The minimum Gasteiger partial charge on any atom is -0.481 e. The van der Waals surface area contributed by atoms with Crippen LogP contribution >= 0.6 is 0 Å². The molecule has 2 fully saturated rings. The van der Waals surface area contributed by atoms with Gasteiger partial charge in [-0.15, -0.1) is 0 Å². The van der Waals surface area contributed by atoms with Crippen molar-refractivity contribution < 1.29 is 24.5 Å². The van der Waals surface area contributed by atoms with Crippen molar-refractivity contribution in [2.75, 3.05) is 0 Å². The first-order valence-electron chi connectivity index (χ1n) is 11.2. The topological polar surface area (TPSA) is 83.8 Å². The Hall–Kier alpha value is -1.10. The molecule has 5 nitrogen and oxygen atoms in total. The van der Waals surface area contributed by atoms with Crippen LogP contribution in [-0.2, 0) is 14.3 Å². The van der Waals surface area contributed by atoms with Crippen LogP contribution < -0.4 is 0 Å². The summed E-state index contributed by atoms with van der Waals surface area (Å²) in [5, 5.41) is 19.3. The van der Waals surface area contributed by atoms with Crippen molar-refractivity contribution in [1.29, 1.82) is 0 Å². The number of esters is 1. The summed E-state index contributed by atoms with van der Waals surface area (Å²) < 4.78 is 5.55. The Morgan fingerprint density at radius 2 is 1.32 bits per heavy atom. The quantitative estimate of drug-likeness (QED) is 0.310. The maximum atomic E-state index is 12.3. The molecule has 28 heavy (non-hydrogen) atoms. The van der Waals surface area contributed by atoms with Gasteiger partial charge in [0.15, 0.2) is 0 Å². The SMILES string of the molecule is CC(C)(C)OC(=O)C1(CCCCCC(O)CCCCCC2(C(=O)O)CC2)CC1. The lowest BCUT2D eigenvalue weighted by Gasteiger charge is -2.23. The lowest BCUT2D eigenvalue weighted by atomic mass is 9.96. The Labute approximate surface area is 170 Å². The van der Waals surface area contributed by atoms with E-state index in [-0.39, 0.29) is 17.5 Å². The Balaban J connectivity index is 1.46. The van der Waals surface area contributed by atoms with E-state index in [2.05, 4.69) is 0 Å². The highest BCUT2D eigenvalue weighted by Crippen LogP contribution is 2.51. The van der Waals surface area contributed by atoms with Gasteiger partial charge in [0.25, 0.3) is 0 Å². The van der Waals surface area contributed by atoms with Gasteiger partial charge in [-0.1, -0.05) is 38.5 Å². The van der Waals surface area contributed by atoms with Gasteiger partial charge in [0, 0.05) is 0 Å². The van der Waals surface area contributed by atoms with Crippen LogP contribution in [0, 0.1) is 10.8 Å². The molecule has 0 saturated heterocycles. The summed E-state index contributed by atoms with van der Waals surface area (Å²) in [6.07, 6.45) is 12.6. The molecule has 0 bridgehead atoms. The molecule has 1 unspecified atom stereocenters. The third kappa shape index (κ3) is 7.38. The van der Waals surface area contributed by atoms with Crippen LogP contribution in [0.4, 0.5) is 0 Å². The van der Waals surface area contributed by atoms with Gasteiger partial charge in [-0.2, -0.15) is 0 Å². The Morgan fingerprint density at radius 3 is 1.71 bits per heavy atom. The molecule has 0 heterocycles. The lowest BCUT2D eigenvalue weighted by molar-refractivity contribution is -0.162. The summed E-state index contributed by atoms with van der Waals surface area (Å²) in [5.74, 6) is -0.664. The molecular weight excluding hydrogens is 356 g/mol. The Bertz CT molecular complexity index is 526. The monoisotopic (exact) mass is 396 g/mol. The van der Waals surface area contributed by atoms with Gasteiger partial charge < -0.3 is 14.9 Å². The zero-order valence-corrected chi connectivity index (χ0v) is 18.1. The van der Waals surface area contributed by atoms with Crippen molar-refractivity contribution >= 4 is 11.9 Å². The number of aliphatic carboxylic acids is 1. The van der Waals surface area contributed by atoms with Gasteiger partial charge in [0.1, 0.15) is 5.60 Å². The molecule has 2 N–H and O–H groups in total. The predicted molar refractivity (Wildman–Crippen MR) is 109 cm³/mol. The number of rotatable bonds is 14. The van der Waals surface area contributed by atoms with Crippen LogP contribution in [0.2, 0.25) is 0 Å². The first kappa shape index (κ1) is 23.2. The number of unbranched alkanes of at least 4 members (excludes halogenated alkanes) is 4. The lowest BCUT2D eigenvalue weighted by Crippen LogP contribution is -2.29. The number of carbonyl (C=O) groups excluding carboxylic acids is 1. The fraction of sp³-hybridized carbons (Fsp3) is 0.913. The number of carboxylic acids is 1. The van der Waals surface area contributed by atoms with Crippen LogP contribution in [0.3, 0.4) is 0 Å². The largest absolute Gasteiger partial charge is 0.481 e. The van der Waals surface area contributed by atoms with Gasteiger partial charge in [0.05, 0.1) is 16.9 Å². The fourth-order valence-corrected chi connectivity index (χ4v) is 4.00. The molecule has 0 spiro atoms. The predicted octanol–water partition coefficient (Wildman–Crippen LogP) is 5.24. The van der Waals surface area contributed by atoms with Gasteiger partial charge in [-0.05, 0) is 72.1 Å². The molecule has 2 saturated carbocycles. The van der Waals surface area contributed by atoms with E-state index in [1.54, 1.807) is 0 Å². The standard InChI is InChI=1S/C23H40O5/c1-21(2,3)28-20(27)23(16-17-23)13-9-5-7-11-18(24)10-6-4-8-12-22(14-15-22)19(25)26/h18,24H,4-17H2,1-3H3,(H,25,26). The second kappa shape index (κ2) is 9.60. The van der Waals surface area contributed by atoms with E-state index in [4.69, 9.17) is 9.84 Å². The van der Waals surface area contributed by atoms with E-state index in [0.29, 0.717) is 0 Å². The number of aliphatic hydroxyl groups excluding tert-OH is 1. The van der Waals surface area contributed by atoms with Crippen molar-refractivity contribution in [3.05, 3.63) is 0 Å². The molecular formula is C23H40O5. The maximum absolute atomic E-state index is 12.3.